The van der Waals surface area contributed by atoms with Crippen LogP contribution >= 0.6 is 0 Å². The normalized spacial score (nSPS) is 11.1. The molecule has 0 aliphatic carbocycles. The topological polar surface area (TPSA) is 95.8 Å². The second-order valence-electron chi connectivity index (χ2n) is 5.59. The number of aromatic nitrogens is 5. The maximum absolute atomic E-state index is 12.4. The van der Waals surface area contributed by atoms with Crippen LogP contribution < -0.4 is 11.2 Å². The summed E-state index contributed by atoms with van der Waals surface area (Å²) in [7, 11) is 2.99. The Labute approximate surface area is 141 Å². The van der Waals surface area contributed by atoms with Crippen molar-refractivity contribution >= 4 is 11.0 Å². The minimum Gasteiger partial charge on any atom is -0.334 e. The first kappa shape index (κ1) is 15.0. The van der Waals surface area contributed by atoms with Gasteiger partial charge >= 0.3 is 5.69 Å². The van der Waals surface area contributed by atoms with Gasteiger partial charge in [0.25, 0.3) is 11.4 Å². The molecule has 4 rings (SSSR count). The van der Waals surface area contributed by atoms with Gasteiger partial charge in [-0.15, -0.1) is 0 Å². The van der Waals surface area contributed by atoms with Gasteiger partial charge in [-0.1, -0.05) is 35.5 Å². The molecule has 124 valence electrons. The van der Waals surface area contributed by atoms with Crippen LogP contribution in [0.15, 0.2) is 56.7 Å². The van der Waals surface area contributed by atoms with Crippen molar-refractivity contribution in [3.05, 3.63) is 63.4 Å². The van der Waals surface area contributed by atoms with Crippen LogP contribution in [0.3, 0.4) is 0 Å². The molecule has 0 unspecified atom stereocenters. The summed E-state index contributed by atoms with van der Waals surface area (Å²) in [6, 6.07) is 11.0. The quantitative estimate of drug-likeness (QED) is 0.549. The molecule has 8 heteroatoms. The molecular formula is C17H13N5O3. The summed E-state index contributed by atoms with van der Waals surface area (Å²) < 4.78 is 7.66. The standard InChI is InChI=1S/C17H13N5O3/c1-21-14-12(16(23)22(2)17(21)24)8-11(9-18-14)15-19-13(20-25-15)10-6-4-3-5-7-10/h3-9H,1-2H3. The van der Waals surface area contributed by atoms with Crippen molar-refractivity contribution in [3.63, 3.8) is 0 Å². The molecule has 0 fully saturated rings. The zero-order valence-corrected chi connectivity index (χ0v) is 13.5. The molecule has 4 aromatic rings. The Morgan fingerprint density at radius 3 is 2.52 bits per heavy atom. The molecule has 0 aliphatic rings. The van der Waals surface area contributed by atoms with Crippen molar-refractivity contribution in [1.29, 1.82) is 0 Å². The Morgan fingerprint density at radius 1 is 1.00 bits per heavy atom. The van der Waals surface area contributed by atoms with Gasteiger partial charge in [-0.25, -0.2) is 9.78 Å². The molecule has 0 aliphatic heterocycles. The Kier molecular flexibility index (Phi) is 3.31. The first-order valence-electron chi connectivity index (χ1n) is 7.51. The Hall–Kier alpha value is -3.55. The Balaban J connectivity index is 1.88. The average molecular weight is 335 g/mol. The number of nitrogens with zero attached hydrogens (tertiary/aromatic N) is 5. The van der Waals surface area contributed by atoms with Gasteiger partial charge < -0.3 is 4.52 Å². The lowest BCUT2D eigenvalue weighted by atomic mass is 10.2. The van der Waals surface area contributed by atoms with E-state index in [1.807, 2.05) is 30.3 Å². The molecule has 1 aromatic carbocycles. The number of hydrogen-bond acceptors (Lipinski definition) is 6. The lowest BCUT2D eigenvalue weighted by Crippen LogP contribution is -2.37. The van der Waals surface area contributed by atoms with E-state index in [1.54, 1.807) is 13.1 Å². The third-order valence-electron chi connectivity index (χ3n) is 4.00. The monoisotopic (exact) mass is 335 g/mol. The molecule has 0 saturated heterocycles. The summed E-state index contributed by atoms with van der Waals surface area (Å²) in [6.07, 6.45) is 1.50. The van der Waals surface area contributed by atoms with E-state index in [-0.39, 0.29) is 5.89 Å². The fourth-order valence-corrected chi connectivity index (χ4v) is 2.63. The molecule has 3 heterocycles. The smallest absolute Gasteiger partial charge is 0.332 e. The largest absolute Gasteiger partial charge is 0.334 e. The first-order chi connectivity index (χ1) is 12.1. The van der Waals surface area contributed by atoms with Crippen molar-refractivity contribution in [1.82, 2.24) is 24.3 Å². The Morgan fingerprint density at radius 2 is 1.76 bits per heavy atom. The zero-order valence-electron chi connectivity index (χ0n) is 13.5. The van der Waals surface area contributed by atoms with E-state index in [0.29, 0.717) is 22.4 Å². The second-order valence-corrected chi connectivity index (χ2v) is 5.59. The minimum absolute atomic E-state index is 0.254. The van der Waals surface area contributed by atoms with E-state index in [2.05, 4.69) is 15.1 Å². The third kappa shape index (κ3) is 2.35. The van der Waals surface area contributed by atoms with Crippen LogP contribution in [-0.2, 0) is 14.1 Å². The van der Waals surface area contributed by atoms with E-state index in [4.69, 9.17) is 4.52 Å². The van der Waals surface area contributed by atoms with Gasteiger partial charge in [0.2, 0.25) is 5.82 Å². The second kappa shape index (κ2) is 5.52. The van der Waals surface area contributed by atoms with Crippen molar-refractivity contribution < 1.29 is 4.52 Å². The van der Waals surface area contributed by atoms with Gasteiger partial charge in [0.15, 0.2) is 0 Å². The van der Waals surface area contributed by atoms with Crippen molar-refractivity contribution in [2.75, 3.05) is 0 Å². The lowest BCUT2D eigenvalue weighted by molar-refractivity contribution is 0.432. The molecule has 0 saturated carbocycles. The van der Waals surface area contributed by atoms with Gasteiger partial charge in [0.1, 0.15) is 5.65 Å². The van der Waals surface area contributed by atoms with Crippen LogP contribution in [0.5, 0.6) is 0 Å². The fraction of sp³-hybridized carbons (Fsp3) is 0.118. The molecule has 25 heavy (non-hydrogen) atoms. The lowest BCUT2D eigenvalue weighted by Gasteiger charge is -2.06. The van der Waals surface area contributed by atoms with Crippen LogP contribution in [0.2, 0.25) is 0 Å². The summed E-state index contributed by atoms with van der Waals surface area (Å²) in [5, 5.41) is 4.27. The van der Waals surface area contributed by atoms with Gasteiger partial charge in [0, 0.05) is 25.9 Å². The van der Waals surface area contributed by atoms with Crippen LogP contribution in [0.25, 0.3) is 33.9 Å². The Bertz CT molecular complexity index is 1200. The van der Waals surface area contributed by atoms with Gasteiger partial charge in [-0.2, -0.15) is 4.98 Å². The number of hydrogen-bond donors (Lipinski definition) is 0. The van der Waals surface area contributed by atoms with E-state index < -0.39 is 11.2 Å². The highest BCUT2D eigenvalue weighted by Crippen LogP contribution is 2.22. The molecule has 0 N–H and O–H groups in total. The van der Waals surface area contributed by atoms with E-state index >= 15 is 0 Å². The van der Waals surface area contributed by atoms with Crippen LogP contribution in [-0.4, -0.2) is 24.3 Å². The molecule has 8 nitrogen and oxygen atoms in total. The molecule has 0 radical (unpaired) electrons. The summed E-state index contributed by atoms with van der Waals surface area (Å²) in [4.78, 5) is 32.9. The molecule has 3 aromatic heterocycles. The number of benzene rings is 1. The fourth-order valence-electron chi connectivity index (χ4n) is 2.63. The van der Waals surface area contributed by atoms with Gasteiger partial charge in [-0.05, 0) is 6.07 Å². The van der Waals surface area contributed by atoms with Crippen LogP contribution in [0.1, 0.15) is 0 Å². The minimum atomic E-state index is -0.429. The van der Waals surface area contributed by atoms with Gasteiger partial charge in [-0.3, -0.25) is 13.9 Å². The van der Waals surface area contributed by atoms with Crippen LogP contribution in [0, 0.1) is 0 Å². The van der Waals surface area contributed by atoms with Crippen molar-refractivity contribution in [3.8, 4) is 22.8 Å². The summed E-state index contributed by atoms with van der Waals surface area (Å²) >= 11 is 0. The number of aryl methyl sites for hydroxylation is 1. The van der Waals surface area contributed by atoms with Crippen LogP contribution in [0.4, 0.5) is 0 Å². The third-order valence-corrected chi connectivity index (χ3v) is 4.00. The van der Waals surface area contributed by atoms with E-state index in [1.165, 1.54) is 17.8 Å². The maximum Gasteiger partial charge on any atom is 0.332 e. The molecule has 0 spiro atoms. The predicted octanol–water partition coefficient (Wildman–Crippen LogP) is 1.35. The predicted molar refractivity (Wildman–Crippen MR) is 91.0 cm³/mol. The molecule has 0 amide bonds. The molecule has 0 atom stereocenters. The zero-order chi connectivity index (χ0) is 17.6. The summed E-state index contributed by atoms with van der Waals surface area (Å²) in [5.74, 6) is 0.702. The van der Waals surface area contributed by atoms with E-state index in [0.717, 1.165) is 10.1 Å². The van der Waals surface area contributed by atoms with Crippen molar-refractivity contribution in [2.24, 2.45) is 14.1 Å². The highest BCUT2D eigenvalue weighted by molar-refractivity contribution is 5.78. The average Bonchev–Trinajstić information content (AvgIpc) is 3.15. The summed E-state index contributed by atoms with van der Waals surface area (Å²) in [5.41, 5.74) is 0.791. The highest BCUT2D eigenvalue weighted by atomic mass is 16.5. The van der Waals surface area contributed by atoms with Crippen molar-refractivity contribution in [2.45, 2.75) is 0 Å². The van der Waals surface area contributed by atoms with Gasteiger partial charge in [0.05, 0.1) is 10.9 Å². The summed E-state index contributed by atoms with van der Waals surface area (Å²) in [6.45, 7) is 0. The van der Waals surface area contributed by atoms with E-state index in [9.17, 15) is 9.59 Å². The number of rotatable bonds is 2. The number of fused-ring (bicyclic) bond motifs is 1. The maximum atomic E-state index is 12.4. The SMILES string of the molecule is Cn1c(=O)c2cc(-c3nc(-c4ccccc4)no3)cnc2n(C)c1=O. The molecular weight excluding hydrogens is 322 g/mol. The molecule has 0 bridgehead atoms. The number of pyridine rings is 1. The first-order valence-corrected chi connectivity index (χ1v) is 7.51. The highest BCUT2D eigenvalue weighted by Gasteiger charge is 2.15.